The zero-order chi connectivity index (χ0) is 38.3. The standard InChI is InChI=1S/C54H31N3S/c55-32-33-13-15-34(16-14-33)35-17-19-36(20-18-35)43-25-26-44(46-12-6-5-11-45(43)46)37-21-23-38(24-22-37)50-31-48-47-27-39-7-1-4-10-42(39)30-52(47)58-53(48)54-56-49-28-40-8-2-3-9-41(40)29-51(49)57(50)54/h1-31H. The van der Waals surface area contributed by atoms with Crippen LogP contribution >= 0.6 is 11.3 Å². The first kappa shape index (κ1) is 32.6. The first-order chi connectivity index (χ1) is 28.7. The van der Waals surface area contributed by atoms with Crippen molar-refractivity contribution in [2.75, 3.05) is 0 Å². The SMILES string of the molecule is N#Cc1ccc(-c2ccc(-c3ccc(-c4ccc(-c5cc6c7cc8ccccc8cc7sc6c6nc7cc8ccccc8cc7n56)cc4)c4ccccc34)cc2)cc1. The highest BCUT2D eigenvalue weighted by molar-refractivity contribution is 7.26. The van der Waals surface area contributed by atoms with Crippen LogP contribution in [0.4, 0.5) is 0 Å². The molecule has 3 heterocycles. The second-order valence-electron chi connectivity index (χ2n) is 15.1. The number of pyridine rings is 1. The van der Waals surface area contributed by atoms with E-state index in [-0.39, 0.29) is 0 Å². The summed E-state index contributed by atoms with van der Waals surface area (Å²) in [6.07, 6.45) is 0. The maximum atomic E-state index is 9.21. The van der Waals surface area contributed by atoms with Crippen molar-refractivity contribution in [1.29, 1.82) is 5.26 Å². The van der Waals surface area contributed by atoms with Crippen molar-refractivity contribution in [2.24, 2.45) is 0 Å². The summed E-state index contributed by atoms with van der Waals surface area (Å²) in [5.74, 6) is 0. The van der Waals surface area contributed by atoms with E-state index in [4.69, 9.17) is 4.98 Å². The molecule has 268 valence electrons. The fourth-order valence-corrected chi connectivity index (χ4v) is 10.1. The molecule has 0 fully saturated rings. The van der Waals surface area contributed by atoms with Gasteiger partial charge in [0.05, 0.1) is 33.1 Å². The van der Waals surface area contributed by atoms with Gasteiger partial charge in [-0.3, -0.25) is 4.40 Å². The maximum absolute atomic E-state index is 9.21. The molecule has 0 saturated carbocycles. The van der Waals surface area contributed by atoms with Gasteiger partial charge in [0.2, 0.25) is 0 Å². The molecule has 0 spiro atoms. The third kappa shape index (κ3) is 5.08. The van der Waals surface area contributed by atoms with Crippen molar-refractivity contribution >= 4 is 80.5 Å². The van der Waals surface area contributed by atoms with Crippen molar-refractivity contribution in [3.05, 3.63) is 194 Å². The summed E-state index contributed by atoms with van der Waals surface area (Å²) in [5.41, 5.74) is 13.0. The predicted octanol–water partition coefficient (Wildman–Crippen LogP) is 14.9. The van der Waals surface area contributed by atoms with Crippen LogP contribution in [0.25, 0.3) is 114 Å². The summed E-state index contributed by atoms with van der Waals surface area (Å²) < 4.78 is 4.87. The van der Waals surface area contributed by atoms with E-state index in [1.54, 1.807) is 0 Å². The molecule has 0 aliphatic rings. The third-order valence-electron chi connectivity index (χ3n) is 11.8. The fourth-order valence-electron chi connectivity index (χ4n) is 8.89. The monoisotopic (exact) mass is 753 g/mol. The number of imidazole rings is 1. The van der Waals surface area contributed by atoms with Crippen molar-refractivity contribution in [2.45, 2.75) is 0 Å². The van der Waals surface area contributed by atoms with Gasteiger partial charge in [-0.2, -0.15) is 5.26 Å². The average molecular weight is 754 g/mol. The first-order valence-electron chi connectivity index (χ1n) is 19.5. The van der Waals surface area contributed by atoms with E-state index in [0.29, 0.717) is 5.56 Å². The van der Waals surface area contributed by atoms with Crippen molar-refractivity contribution in [3.8, 4) is 50.7 Å². The molecule has 3 aromatic heterocycles. The molecule has 0 atom stereocenters. The van der Waals surface area contributed by atoms with Crippen LogP contribution in [0.3, 0.4) is 0 Å². The predicted molar refractivity (Wildman–Crippen MR) is 245 cm³/mol. The van der Waals surface area contributed by atoms with E-state index in [2.05, 4.69) is 174 Å². The van der Waals surface area contributed by atoms with Crippen LogP contribution in [-0.2, 0) is 0 Å². The number of nitriles is 1. The van der Waals surface area contributed by atoms with Crippen LogP contribution in [-0.4, -0.2) is 9.38 Å². The Morgan fingerprint density at radius 3 is 1.59 bits per heavy atom. The number of hydrogen-bond acceptors (Lipinski definition) is 3. The Hall–Kier alpha value is -7.58. The van der Waals surface area contributed by atoms with E-state index in [9.17, 15) is 5.26 Å². The summed E-state index contributed by atoms with van der Waals surface area (Å²) >= 11 is 1.84. The van der Waals surface area contributed by atoms with Gasteiger partial charge in [-0.05, 0) is 114 Å². The Bertz CT molecular complexity index is 3660. The minimum Gasteiger partial charge on any atom is -0.291 e. The molecule has 12 aromatic rings. The lowest BCUT2D eigenvalue weighted by Crippen LogP contribution is -1.93. The molecule has 0 radical (unpaired) electrons. The Balaban J connectivity index is 0.994. The van der Waals surface area contributed by atoms with Gasteiger partial charge in [-0.1, -0.05) is 146 Å². The number of rotatable bonds is 4. The Labute approximate surface area is 337 Å². The normalized spacial score (nSPS) is 11.8. The van der Waals surface area contributed by atoms with Gasteiger partial charge in [-0.25, -0.2) is 4.98 Å². The van der Waals surface area contributed by atoms with Gasteiger partial charge in [-0.15, -0.1) is 11.3 Å². The molecular formula is C54H31N3S. The zero-order valence-electron chi connectivity index (χ0n) is 31.1. The van der Waals surface area contributed by atoms with Gasteiger partial charge in [0.1, 0.15) is 0 Å². The molecule has 4 heteroatoms. The second-order valence-corrected chi connectivity index (χ2v) is 16.1. The van der Waals surface area contributed by atoms with E-state index >= 15 is 0 Å². The maximum Gasteiger partial charge on any atom is 0.156 e. The molecular weight excluding hydrogens is 723 g/mol. The third-order valence-corrected chi connectivity index (χ3v) is 13.0. The molecule has 12 rings (SSSR count). The lowest BCUT2D eigenvalue weighted by Gasteiger charge is -2.14. The molecule has 3 nitrogen and oxygen atoms in total. The van der Waals surface area contributed by atoms with E-state index in [1.165, 1.54) is 74.7 Å². The van der Waals surface area contributed by atoms with Crippen molar-refractivity contribution in [1.82, 2.24) is 9.38 Å². The largest absolute Gasteiger partial charge is 0.291 e. The number of nitrogens with zero attached hydrogens (tertiary/aromatic N) is 3. The summed E-state index contributed by atoms with van der Waals surface area (Å²) in [5, 5.41) is 19.1. The van der Waals surface area contributed by atoms with Gasteiger partial charge >= 0.3 is 0 Å². The van der Waals surface area contributed by atoms with Crippen LogP contribution in [0.15, 0.2) is 188 Å². The highest BCUT2D eigenvalue weighted by Gasteiger charge is 2.19. The highest BCUT2D eigenvalue weighted by atomic mass is 32.1. The first-order valence-corrected chi connectivity index (χ1v) is 20.3. The number of benzene rings is 9. The summed E-state index contributed by atoms with van der Waals surface area (Å²) in [7, 11) is 0. The smallest absolute Gasteiger partial charge is 0.156 e. The fraction of sp³-hybridized carbons (Fsp3) is 0. The molecule has 0 aliphatic carbocycles. The topological polar surface area (TPSA) is 41.1 Å². The molecule has 0 aliphatic heterocycles. The second kappa shape index (κ2) is 12.7. The molecule has 0 N–H and O–H groups in total. The van der Waals surface area contributed by atoms with Gasteiger partial charge in [0.25, 0.3) is 0 Å². The quantitative estimate of drug-likeness (QED) is 0.180. The number of aromatic nitrogens is 2. The summed E-state index contributed by atoms with van der Waals surface area (Å²) in [6.45, 7) is 0. The summed E-state index contributed by atoms with van der Waals surface area (Å²) in [6, 6.07) is 69.8. The van der Waals surface area contributed by atoms with Crippen LogP contribution < -0.4 is 0 Å². The van der Waals surface area contributed by atoms with Crippen molar-refractivity contribution in [3.63, 3.8) is 0 Å². The van der Waals surface area contributed by atoms with Crippen molar-refractivity contribution < 1.29 is 0 Å². The van der Waals surface area contributed by atoms with Gasteiger partial charge < -0.3 is 0 Å². The number of fused-ring (bicyclic) bond motifs is 10. The molecule has 0 bridgehead atoms. The molecule has 0 amide bonds. The van der Waals surface area contributed by atoms with E-state index < -0.39 is 0 Å². The van der Waals surface area contributed by atoms with Crippen LogP contribution in [0, 0.1) is 11.3 Å². The summed E-state index contributed by atoms with van der Waals surface area (Å²) in [4.78, 5) is 5.37. The van der Waals surface area contributed by atoms with Gasteiger partial charge in [0.15, 0.2) is 5.65 Å². The minimum absolute atomic E-state index is 0.669. The van der Waals surface area contributed by atoms with Gasteiger partial charge in [0, 0.05) is 15.5 Å². The number of hydrogen-bond donors (Lipinski definition) is 0. The highest BCUT2D eigenvalue weighted by Crippen LogP contribution is 2.43. The molecule has 0 unspecified atom stereocenters. The average Bonchev–Trinajstić information content (AvgIpc) is 3.84. The lowest BCUT2D eigenvalue weighted by molar-refractivity contribution is 1.25. The van der Waals surface area contributed by atoms with E-state index in [1.807, 2.05) is 35.6 Å². The zero-order valence-corrected chi connectivity index (χ0v) is 32.0. The lowest BCUT2D eigenvalue weighted by atomic mass is 9.91. The Morgan fingerprint density at radius 1 is 0.448 bits per heavy atom. The molecule has 58 heavy (non-hydrogen) atoms. The van der Waals surface area contributed by atoms with Crippen LogP contribution in [0.2, 0.25) is 0 Å². The van der Waals surface area contributed by atoms with Crippen LogP contribution in [0.1, 0.15) is 5.56 Å². The van der Waals surface area contributed by atoms with E-state index in [0.717, 1.165) is 39.1 Å². The Kier molecular flexibility index (Phi) is 7.16. The Morgan fingerprint density at radius 2 is 0.966 bits per heavy atom. The number of thiophene rings is 1. The minimum atomic E-state index is 0.669. The molecule has 9 aromatic carbocycles. The molecule has 0 saturated heterocycles. The van der Waals surface area contributed by atoms with Crippen LogP contribution in [0.5, 0.6) is 0 Å².